The summed E-state index contributed by atoms with van der Waals surface area (Å²) in [5.74, 6) is -0.739. The number of benzene rings is 1. The number of thiophene rings is 1. The van der Waals surface area contributed by atoms with E-state index >= 15 is 0 Å². The fraction of sp³-hybridized carbons (Fsp3) is 0.381. The van der Waals surface area contributed by atoms with Crippen LogP contribution in [-0.2, 0) is 14.8 Å². The van der Waals surface area contributed by atoms with E-state index in [4.69, 9.17) is 4.74 Å². The van der Waals surface area contributed by atoms with Crippen molar-refractivity contribution < 1.29 is 17.5 Å². The van der Waals surface area contributed by atoms with Gasteiger partial charge in [-0.2, -0.15) is 0 Å². The van der Waals surface area contributed by atoms with Crippen LogP contribution in [0.25, 0.3) is 10.8 Å². The van der Waals surface area contributed by atoms with Gasteiger partial charge in [-0.1, -0.05) is 0 Å². The van der Waals surface area contributed by atoms with Crippen molar-refractivity contribution in [1.82, 2.24) is 9.88 Å². The first-order chi connectivity index (χ1) is 15.4. The molecule has 3 aromatic rings. The van der Waals surface area contributed by atoms with Crippen LogP contribution in [0.3, 0.4) is 0 Å². The average molecular weight is 479 g/mol. The van der Waals surface area contributed by atoms with E-state index in [-0.39, 0.29) is 15.3 Å². The predicted molar refractivity (Wildman–Crippen MR) is 123 cm³/mol. The molecule has 1 atom stereocenters. The maximum atomic E-state index is 14.5. The van der Waals surface area contributed by atoms with Gasteiger partial charge in [-0.15, -0.1) is 11.3 Å². The van der Waals surface area contributed by atoms with E-state index in [2.05, 4.69) is 19.5 Å². The molecule has 2 aliphatic heterocycles. The molecule has 1 aromatic carbocycles. The fourth-order valence-electron chi connectivity index (χ4n) is 4.29. The fourth-order valence-corrected chi connectivity index (χ4v) is 6.68. The second-order valence-electron chi connectivity index (χ2n) is 7.96. The predicted octanol–water partition coefficient (Wildman–Crippen LogP) is 2.44. The number of nitrogens with zero attached hydrogens (tertiary/aromatic N) is 2. The molecule has 0 bridgehead atoms. The van der Waals surface area contributed by atoms with Gasteiger partial charge in [0.15, 0.2) is 0 Å². The highest BCUT2D eigenvalue weighted by molar-refractivity contribution is 7.94. The highest BCUT2D eigenvalue weighted by Gasteiger charge is 2.30. The molecule has 170 valence electrons. The molecule has 2 aromatic heterocycles. The number of nitrogens with one attached hydrogen (secondary N) is 2. The van der Waals surface area contributed by atoms with E-state index in [9.17, 15) is 17.6 Å². The molecule has 0 radical (unpaired) electrons. The molecule has 1 unspecified atom stereocenters. The third-order valence-electron chi connectivity index (χ3n) is 5.97. The maximum absolute atomic E-state index is 14.5. The normalized spacial score (nSPS) is 20.2. The summed E-state index contributed by atoms with van der Waals surface area (Å²) in [6.07, 6.45) is 2.44. The molecule has 0 aliphatic carbocycles. The number of ether oxygens (including phenoxy) is 1. The van der Waals surface area contributed by atoms with Gasteiger partial charge in [0, 0.05) is 43.8 Å². The summed E-state index contributed by atoms with van der Waals surface area (Å²) >= 11 is 1.16. The molecule has 5 rings (SSSR count). The Hall–Kier alpha value is -2.47. The van der Waals surface area contributed by atoms with Crippen molar-refractivity contribution in [3.63, 3.8) is 0 Å². The zero-order chi connectivity index (χ0) is 22.3. The van der Waals surface area contributed by atoms with Crippen molar-refractivity contribution in [2.75, 3.05) is 49.0 Å². The minimum atomic E-state index is -4.00. The van der Waals surface area contributed by atoms with Crippen LogP contribution in [0.15, 0.2) is 45.5 Å². The van der Waals surface area contributed by atoms with Crippen LogP contribution in [0.5, 0.6) is 0 Å². The largest absolute Gasteiger partial charge is 0.379 e. The quantitative estimate of drug-likeness (QED) is 0.585. The van der Waals surface area contributed by atoms with E-state index in [1.165, 1.54) is 18.3 Å². The Morgan fingerprint density at radius 2 is 1.97 bits per heavy atom. The first-order valence-corrected chi connectivity index (χ1v) is 12.7. The number of halogens is 1. The molecule has 2 fully saturated rings. The van der Waals surface area contributed by atoms with Crippen molar-refractivity contribution in [1.29, 1.82) is 0 Å². The summed E-state index contributed by atoms with van der Waals surface area (Å²) in [6.45, 7) is 5.05. The number of aromatic nitrogens is 1. The summed E-state index contributed by atoms with van der Waals surface area (Å²) in [4.78, 5) is 19.1. The third-order valence-corrected chi connectivity index (χ3v) is 8.98. The third kappa shape index (κ3) is 4.13. The second-order valence-corrected chi connectivity index (χ2v) is 10.9. The molecule has 0 spiro atoms. The van der Waals surface area contributed by atoms with E-state index in [1.807, 2.05) is 0 Å². The van der Waals surface area contributed by atoms with Crippen LogP contribution in [0.1, 0.15) is 6.42 Å². The number of morpholine rings is 1. The molecule has 4 heterocycles. The smallest absolute Gasteiger partial charge is 0.271 e. The number of hydrogen-bond acceptors (Lipinski definition) is 7. The molecular weight excluding hydrogens is 455 g/mol. The summed E-state index contributed by atoms with van der Waals surface area (Å²) in [6, 6.07) is 7.70. The SMILES string of the molecule is O=c1[nH]ccc2cc(F)c(NS(=O)(=O)c3ccc(N4CCC(N5CCOCC5)C4)s3)cc12. The lowest BCUT2D eigenvalue weighted by Gasteiger charge is -2.32. The number of pyridine rings is 1. The number of aromatic amines is 1. The number of hydrogen-bond donors (Lipinski definition) is 2. The van der Waals surface area contributed by atoms with Crippen LogP contribution in [-0.4, -0.2) is 63.7 Å². The Kier molecular flexibility index (Phi) is 5.66. The van der Waals surface area contributed by atoms with Crippen LogP contribution in [0.4, 0.5) is 15.1 Å². The Balaban J connectivity index is 1.34. The van der Waals surface area contributed by atoms with Crippen molar-refractivity contribution in [2.24, 2.45) is 0 Å². The topological polar surface area (TPSA) is 94.7 Å². The minimum Gasteiger partial charge on any atom is -0.379 e. The number of H-pyrrole nitrogens is 1. The zero-order valence-electron chi connectivity index (χ0n) is 17.2. The molecule has 32 heavy (non-hydrogen) atoms. The molecule has 0 saturated carbocycles. The molecule has 11 heteroatoms. The molecule has 8 nitrogen and oxygen atoms in total. The Labute approximate surface area is 188 Å². The van der Waals surface area contributed by atoms with Crippen LogP contribution >= 0.6 is 11.3 Å². The number of sulfonamides is 1. The van der Waals surface area contributed by atoms with Gasteiger partial charge in [0.05, 0.1) is 23.9 Å². The van der Waals surface area contributed by atoms with Gasteiger partial charge in [0.2, 0.25) is 0 Å². The highest BCUT2D eigenvalue weighted by atomic mass is 32.2. The van der Waals surface area contributed by atoms with Gasteiger partial charge >= 0.3 is 0 Å². The van der Waals surface area contributed by atoms with Crippen LogP contribution in [0.2, 0.25) is 0 Å². The van der Waals surface area contributed by atoms with E-state index < -0.39 is 21.4 Å². The minimum absolute atomic E-state index is 0.101. The van der Waals surface area contributed by atoms with Gasteiger partial charge in [0.1, 0.15) is 10.0 Å². The lowest BCUT2D eigenvalue weighted by Crippen LogP contribution is -2.44. The first kappa shape index (κ1) is 21.4. The van der Waals surface area contributed by atoms with E-state index in [1.54, 1.807) is 12.1 Å². The highest BCUT2D eigenvalue weighted by Crippen LogP contribution is 2.34. The van der Waals surface area contributed by atoms with Gasteiger partial charge in [-0.3, -0.25) is 14.4 Å². The van der Waals surface area contributed by atoms with Gasteiger partial charge in [-0.25, -0.2) is 12.8 Å². The summed E-state index contributed by atoms with van der Waals surface area (Å²) < 4.78 is 48.2. The second kappa shape index (κ2) is 8.47. The first-order valence-electron chi connectivity index (χ1n) is 10.4. The van der Waals surface area contributed by atoms with Crippen molar-refractivity contribution >= 4 is 42.8 Å². The van der Waals surface area contributed by atoms with Crippen molar-refractivity contribution in [2.45, 2.75) is 16.7 Å². The van der Waals surface area contributed by atoms with Gasteiger partial charge in [-0.05, 0) is 42.1 Å². The summed E-state index contributed by atoms with van der Waals surface area (Å²) in [5, 5.41) is 1.48. The maximum Gasteiger partial charge on any atom is 0.271 e. The number of fused-ring (bicyclic) bond motifs is 1. The van der Waals surface area contributed by atoms with Crippen molar-refractivity contribution in [3.05, 3.63) is 52.7 Å². The molecule has 2 aliphatic rings. The standard InChI is InChI=1S/C21H23FN4O4S2/c22-17-11-14-3-5-23-21(27)16(14)12-18(17)24-32(28,29)20-2-1-19(31-20)26-6-4-15(13-26)25-7-9-30-10-8-25/h1-3,5,11-12,15,24H,4,6-10,13H2,(H,23,27). The Bertz CT molecular complexity index is 1300. The lowest BCUT2D eigenvalue weighted by atomic mass is 10.1. The Morgan fingerprint density at radius 1 is 1.16 bits per heavy atom. The molecule has 2 N–H and O–H groups in total. The zero-order valence-corrected chi connectivity index (χ0v) is 18.8. The van der Waals surface area contributed by atoms with Crippen LogP contribution in [0, 0.1) is 5.82 Å². The number of anilines is 2. The average Bonchev–Trinajstić information content (AvgIpc) is 3.46. The van der Waals surface area contributed by atoms with Gasteiger partial charge < -0.3 is 14.6 Å². The van der Waals surface area contributed by atoms with Gasteiger partial charge in [0.25, 0.3) is 15.6 Å². The number of rotatable bonds is 5. The summed E-state index contributed by atoms with van der Waals surface area (Å²) in [5.41, 5.74) is -0.664. The monoisotopic (exact) mass is 478 g/mol. The summed E-state index contributed by atoms with van der Waals surface area (Å²) in [7, 11) is -4.00. The molecule has 2 saturated heterocycles. The lowest BCUT2D eigenvalue weighted by molar-refractivity contribution is 0.0209. The van der Waals surface area contributed by atoms with Crippen molar-refractivity contribution in [3.8, 4) is 0 Å². The van der Waals surface area contributed by atoms with E-state index in [0.717, 1.165) is 68.2 Å². The van der Waals surface area contributed by atoms with Crippen LogP contribution < -0.4 is 15.2 Å². The Morgan fingerprint density at radius 3 is 2.78 bits per heavy atom. The van der Waals surface area contributed by atoms with E-state index in [0.29, 0.717) is 11.4 Å². The molecule has 0 amide bonds. The molecular formula is C21H23FN4O4S2.